The van der Waals surface area contributed by atoms with Crippen LogP contribution in [0.3, 0.4) is 0 Å². The van der Waals surface area contributed by atoms with Crippen LogP contribution in [0.25, 0.3) is 0 Å². The van der Waals surface area contributed by atoms with Gasteiger partial charge in [0.15, 0.2) is 0 Å². The first-order valence-corrected chi connectivity index (χ1v) is 7.54. The number of rotatable bonds is 3. The summed E-state index contributed by atoms with van der Waals surface area (Å²) in [6.07, 6.45) is 2.53. The van der Waals surface area contributed by atoms with E-state index in [0.29, 0.717) is 13.1 Å². The van der Waals surface area contributed by atoms with Gasteiger partial charge in [-0.3, -0.25) is 4.31 Å². The van der Waals surface area contributed by atoms with Crippen molar-refractivity contribution in [3.63, 3.8) is 0 Å². The predicted molar refractivity (Wildman–Crippen MR) is 69.6 cm³/mol. The van der Waals surface area contributed by atoms with Crippen LogP contribution in [0.2, 0.25) is 0 Å². The molecule has 0 aliphatic carbocycles. The second-order valence-corrected chi connectivity index (χ2v) is 6.31. The van der Waals surface area contributed by atoms with Crippen LogP contribution in [0.15, 0.2) is 24.3 Å². The summed E-state index contributed by atoms with van der Waals surface area (Å²) in [4.78, 5) is 0. The van der Waals surface area contributed by atoms with Crippen molar-refractivity contribution in [1.29, 1.82) is 0 Å². The summed E-state index contributed by atoms with van der Waals surface area (Å²) in [5.41, 5.74) is 7.39. The van der Waals surface area contributed by atoms with E-state index in [9.17, 15) is 8.42 Å². The summed E-state index contributed by atoms with van der Waals surface area (Å²) >= 11 is 0. The highest BCUT2D eigenvalue weighted by atomic mass is 32.2. The maximum absolute atomic E-state index is 11.9. The molecular weight excluding hydrogens is 236 g/mol. The fraction of sp³-hybridized carbons (Fsp3) is 0.500. The highest BCUT2D eigenvalue weighted by molar-refractivity contribution is 7.92. The third-order valence-corrected chi connectivity index (χ3v) is 4.88. The Balaban J connectivity index is 2.21. The summed E-state index contributed by atoms with van der Waals surface area (Å²) < 4.78 is 25.3. The Bertz CT molecular complexity index is 468. The van der Waals surface area contributed by atoms with Crippen LogP contribution in [0, 0.1) is 0 Å². The molecule has 1 aliphatic heterocycles. The number of anilines is 1. The van der Waals surface area contributed by atoms with Crippen LogP contribution in [0.5, 0.6) is 0 Å². The summed E-state index contributed by atoms with van der Waals surface area (Å²) in [7, 11) is -3.09. The molecule has 2 rings (SSSR count). The highest BCUT2D eigenvalue weighted by Crippen LogP contribution is 2.23. The molecular formula is C12H18N2O2S. The molecule has 0 atom stereocenters. The van der Waals surface area contributed by atoms with Crippen LogP contribution in [-0.2, 0) is 16.4 Å². The van der Waals surface area contributed by atoms with Gasteiger partial charge in [0.1, 0.15) is 0 Å². The minimum atomic E-state index is -3.09. The Labute approximate surface area is 102 Å². The largest absolute Gasteiger partial charge is 0.330 e. The van der Waals surface area contributed by atoms with Gasteiger partial charge in [0.25, 0.3) is 0 Å². The minimum absolute atomic E-state index is 0.261. The molecule has 5 heteroatoms. The van der Waals surface area contributed by atoms with Gasteiger partial charge in [-0.05, 0) is 43.5 Å². The lowest BCUT2D eigenvalue weighted by atomic mass is 10.1. The number of nitrogens with zero attached hydrogens (tertiary/aromatic N) is 1. The zero-order valence-electron chi connectivity index (χ0n) is 9.80. The number of hydrogen-bond donors (Lipinski definition) is 1. The maximum atomic E-state index is 11.9. The molecule has 1 aromatic rings. The van der Waals surface area contributed by atoms with Gasteiger partial charge in [-0.25, -0.2) is 8.42 Å². The minimum Gasteiger partial charge on any atom is -0.330 e. The van der Waals surface area contributed by atoms with Crippen LogP contribution in [0.1, 0.15) is 18.4 Å². The van der Waals surface area contributed by atoms with Gasteiger partial charge in [0, 0.05) is 6.54 Å². The fourth-order valence-electron chi connectivity index (χ4n) is 2.07. The third-order valence-electron chi connectivity index (χ3n) is 3.01. The Morgan fingerprint density at radius 3 is 2.47 bits per heavy atom. The van der Waals surface area contributed by atoms with Crippen molar-refractivity contribution in [2.75, 3.05) is 23.1 Å². The van der Waals surface area contributed by atoms with E-state index in [2.05, 4.69) is 0 Å². The summed E-state index contributed by atoms with van der Waals surface area (Å²) in [6, 6.07) is 7.64. The summed E-state index contributed by atoms with van der Waals surface area (Å²) in [5.74, 6) is 0.261. The smallest absolute Gasteiger partial charge is 0.235 e. The Kier molecular flexibility index (Phi) is 3.69. The van der Waals surface area contributed by atoms with Gasteiger partial charge in [0.2, 0.25) is 10.0 Å². The van der Waals surface area contributed by atoms with Crippen LogP contribution >= 0.6 is 0 Å². The van der Waals surface area contributed by atoms with Crippen molar-refractivity contribution in [3.05, 3.63) is 29.8 Å². The predicted octanol–water partition coefficient (Wildman–Crippen LogP) is 1.12. The van der Waals surface area contributed by atoms with E-state index >= 15 is 0 Å². The molecule has 0 unspecified atom stereocenters. The molecule has 1 aromatic carbocycles. The van der Waals surface area contributed by atoms with Crippen LogP contribution in [0.4, 0.5) is 5.69 Å². The molecule has 0 bridgehead atoms. The second-order valence-electron chi connectivity index (χ2n) is 4.30. The standard InChI is InChI=1S/C12H18N2O2S/c13-8-7-11-3-5-12(6-4-11)14-9-1-2-10-17(14,15)16/h3-6H,1-2,7-10,13H2. The number of sulfonamides is 1. The molecule has 2 N–H and O–H groups in total. The molecule has 17 heavy (non-hydrogen) atoms. The Morgan fingerprint density at radius 1 is 1.18 bits per heavy atom. The van der Waals surface area contributed by atoms with Crippen molar-refractivity contribution in [2.24, 2.45) is 5.73 Å². The van der Waals surface area contributed by atoms with Crippen LogP contribution in [-0.4, -0.2) is 27.3 Å². The zero-order valence-corrected chi connectivity index (χ0v) is 10.6. The number of hydrogen-bond acceptors (Lipinski definition) is 3. The molecule has 1 heterocycles. The van der Waals surface area contributed by atoms with Gasteiger partial charge in [-0.1, -0.05) is 12.1 Å². The van der Waals surface area contributed by atoms with E-state index in [1.807, 2.05) is 24.3 Å². The molecule has 0 amide bonds. The van der Waals surface area contributed by atoms with Crippen molar-refractivity contribution < 1.29 is 8.42 Å². The average Bonchev–Trinajstić information content (AvgIpc) is 2.30. The molecule has 1 fully saturated rings. The van der Waals surface area contributed by atoms with E-state index in [1.165, 1.54) is 4.31 Å². The Hall–Kier alpha value is -1.07. The summed E-state index contributed by atoms with van der Waals surface area (Å²) in [5, 5.41) is 0. The van der Waals surface area contributed by atoms with Crippen molar-refractivity contribution in [2.45, 2.75) is 19.3 Å². The number of benzene rings is 1. The molecule has 0 radical (unpaired) electrons. The van der Waals surface area contributed by atoms with E-state index in [0.717, 1.165) is 30.5 Å². The number of nitrogens with two attached hydrogens (primary N) is 1. The van der Waals surface area contributed by atoms with Gasteiger partial charge in [-0.15, -0.1) is 0 Å². The molecule has 94 valence electrons. The van der Waals surface area contributed by atoms with Crippen molar-refractivity contribution in [3.8, 4) is 0 Å². The van der Waals surface area contributed by atoms with Crippen molar-refractivity contribution >= 4 is 15.7 Å². The van der Waals surface area contributed by atoms with Gasteiger partial charge >= 0.3 is 0 Å². The first kappa shape index (κ1) is 12.4. The second kappa shape index (κ2) is 5.06. The SMILES string of the molecule is NCCc1ccc(N2CCCCS2(=O)=O)cc1. The molecule has 0 saturated carbocycles. The lowest BCUT2D eigenvalue weighted by Crippen LogP contribution is -2.37. The quantitative estimate of drug-likeness (QED) is 0.879. The average molecular weight is 254 g/mol. The molecule has 0 spiro atoms. The lowest BCUT2D eigenvalue weighted by molar-refractivity contribution is 0.574. The molecule has 0 aromatic heterocycles. The fourth-order valence-corrected chi connectivity index (χ4v) is 3.71. The molecule has 1 aliphatic rings. The first-order valence-electron chi connectivity index (χ1n) is 5.93. The zero-order chi connectivity index (χ0) is 12.3. The van der Waals surface area contributed by atoms with Gasteiger partial charge < -0.3 is 5.73 Å². The summed E-state index contributed by atoms with van der Waals surface area (Å²) in [6.45, 7) is 1.21. The van der Waals surface area contributed by atoms with E-state index < -0.39 is 10.0 Å². The monoisotopic (exact) mass is 254 g/mol. The van der Waals surface area contributed by atoms with E-state index in [-0.39, 0.29) is 5.75 Å². The Morgan fingerprint density at radius 2 is 1.88 bits per heavy atom. The highest BCUT2D eigenvalue weighted by Gasteiger charge is 2.25. The maximum Gasteiger partial charge on any atom is 0.235 e. The first-order chi connectivity index (χ1) is 8.13. The van der Waals surface area contributed by atoms with Crippen molar-refractivity contribution in [1.82, 2.24) is 0 Å². The normalized spacial score (nSPS) is 19.2. The van der Waals surface area contributed by atoms with E-state index in [4.69, 9.17) is 5.73 Å². The topological polar surface area (TPSA) is 63.4 Å². The lowest BCUT2D eigenvalue weighted by Gasteiger charge is -2.28. The molecule has 1 saturated heterocycles. The van der Waals surface area contributed by atoms with Crippen LogP contribution < -0.4 is 10.0 Å². The van der Waals surface area contributed by atoms with E-state index in [1.54, 1.807) is 0 Å². The van der Waals surface area contributed by atoms with Gasteiger partial charge in [-0.2, -0.15) is 0 Å². The molecule has 4 nitrogen and oxygen atoms in total. The third kappa shape index (κ3) is 2.79. The van der Waals surface area contributed by atoms with Gasteiger partial charge in [0.05, 0.1) is 11.4 Å².